The van der Waals surface area contributed by atoms with Crippen LogP contribution in [-0.2, 0) is 17.3 Å². The lowest BCUT2D eigenvalue weighted by atomic mass is 9.82. The zero-order chi connectivity index (χ0) is 19.2. The van der Waals surface area contributed by atoms with E-state index < -0.39 is 0 Å². The molecule has 0 atom stereocenters. The molecule has 1 heterocycles. The fourth-order valence-corrected chi connectivity index (χ4v) is 5.66. The third-order valence-electron chi connectivity index (χ3n) is 6.70. The first-order valence-corrected chi connectivity index (χ1v) is 11.9. The van der Waals surface area contributed by atoms with Gasteiger partial charge in [0.25, 0.3) is 0 Å². The second-order valence-corrected chi connectivity index (χ2v) is 11.8. The molecular weight excluding hydrogens is 366 g/mol. The van der Waals surface area contributed by atoms with E-state index in [0.717, 1.165) is 16.3 Å². The number of hydrogen-bond acceptors (Lipinski definition) is 2. The fraction of sp³-hybridized carbons (Fsp3) is 0.625. The second-order valence-electron chi connectivity index (χ2n) is 10.1. The Morgan fingerprint density at radius 1 is 1.11 bits per heavy atom. The predicted molar refractivity (Wildman–Crippen MR) is 121 cm³/mol. The van der Waals surface area contributed by atoms with Crippen molar-refractivity contribution in [1.29, 1.82) is 0 Å². The molecule has 2 aliphatic carbocycles. The van der Waals surface area contributed by atoms with Crippen LogP contribution in [0, 0.1) is 9.87 Å². The SMILES string of the molecule is CC(C)(C)c1cc(-c2sc(=S)[nH]c2CC2CCCCC2)cc(C2(C)CC2)c1. The minimum Gasteiger partial charge on any atom is -0.340 e. The molecule has 2 saturated carbocycles. The van der Waals surface area contributed by atoms with E-state index in [2.05, 4.69) is 50.9 Å². The lowest BCUT2D eigenvalue weighted by Crippen LogP contribution is -2.13. The Labute approximate surface area is 173 Å². The van der Waals surface area contributed by atoms with Gasteiger partial charge < -0.3 is 4.98 Å². The molecule has 2 aromatic rings. The number of H-pyrrole nitrogens is 1. The topological polar surface area (TPSA) is 15.8 Å². The van der Waals surface area contributed by atoms with Crippen molar-refractivity contribution in [2.75, 3.05) is 0 Å². The quantitative estimate of drug-likeness (QED) is 0.516. The number of rotatable bonds is 4. The third-order valence-corrected chi connectivity index (χ3v) is 8.02. The van der Waals surface area contributed by atoms with E-state index in [1.165, 1.54) is 72.2 Å². The van der Waals surface area contributed by atoms with Crippen molar-refractivity contribution in [3.05, 3.63) is 39.0 Å². The molecule has 0 radical (unpaired) electrons. The molecule has 2 aliphatic rings. The van der Waals surface area contributed by atoms with E-state index in [1.54, 1.807) is 11.3 Å². The summed E-state index contributed by atoms with van der Waals surface area (Å²) in [5, 5.41) is 0. The zero-order valence-electron chi connectivity index (χ0n) is 17.3. The lowest BCUT2D eigenvalue weighted by Gasteiger charge is -2.24. The van der Waals surface area contributed by atoms with Crippen molar-refractivity contribution in [2.24, 2.45) is 5.92 Å². The van der Waals surface area contributed by atoms with Crippen LogP contribution in [0.4, 0.5) is 0 Å². The van der Waals surface area contributed by atoms with Gasteiger partial charge in [0.2, 0.25) is 0 Å². The Morgan fingerprint density at radius 3 is 2.44 bits per heavy atom. The summed E-state index contributed by atoms with van der Waals surface area (Å²) in [5.74, 6) is 0.823. The molecule has 4 rings (SSSR count). The Kier molecular flexibility index (Phi) is 5.13. The molecule has 146 valence electrons. The van der Waals surface area contributed by atoms with Gasteiger partial charge in [-0.25, -0.2) is 0 Å². The maximum Gasteiger partial charge on any atom is 0.159 e. The summed E-state index contributed by atoms with van der Waals surface area (Å²) in [5.41, 5.74) is 6.29. The highest BCUT2D eigenvalue weighted by atomic mass is 32.1. The number of aromatic nitrogens is 1. The molecule has 1 aromatic carbocycles. The van der Waals surface area contributed by atoms with Gasteiger partial charge in [-0.2, -0.15) is 0 Å². The lowest BCUT2D eigenvalue weighted by molar-refractivity contribution is 0.355. The van der Waals surface area contributed by atoms with Crippen molar-refractivity contribution >= 4 is 23.6 Å². The third kappa shape index (κ3) is 4.24. The molecule has 1 aromatic heterocycles. The summed E-state index contributed by atoms with van der Waals surface area (Å²) < 4.78 is 0.927. The molecule has 0 aliphatic heterocycles. The number of thiazole rings is 1. The van der Waals surface area contributed by atoms with Gasteiger partial charge in [-0.15, -0.1) is 11.3 Å². The van der Waals surface area contributed by atoms with Gasteiger partial charge in [0.15, 0.2) is 3.95 Å². The standard InChI is InChI=1S/C24H33NS2/c1-23(2,3)18-13-17(14-19(15-18)24(4)10-11-24)21-20(25-22(26)27-21)12-16-8-6-5-7-9-16/h13-16H,5-12H2,1-4H3,(H,25,26). The zero-order valence-corrected chi connectivity index (χ0v) is 18.9. The maximum atomic E-state index is 5.58. The van der Waals surface area contributed by atoms with Crippen molar-refractivity contribution in [3.8, 4) is 10.4 Å². The molecule has 0 unspecified atom stereocenters. The van der Waals surface area contributed by atoms with Crippen LogP contribution in [0.1, 0.15) is 89.5 Å². The number of aromatic amines is 1. The molecule has 2 fully saturated rings. The van der Waals surface area contributed by atoms with Gasteiger partial charge in [-0.1, -0.05) is 65.9 Å². The van der Waals surface area contributed by atoms with E-state index in [0.29, 0.717) is 5.41 Å². The molecule has 0 bridgehead atoms. The molecule has 0 saturated heterocycles. The molecule has 3 heteroatoms. The van der Waals surface area contributed by atoms with Crippen LogP contribution >= 0.6 is 23.6 Å². The largest absolute Gasteiger partial charge is 0.340 e. The second kappa shape index (κ2) is 7.15. The number of benzene rings is 1. The highest BCUT2D eigenvalue weighted by Gasteiger charge is 2.39. The summed E-state index contributed by atoms with van der Waals surface area (Å²) in [6.45, 7) is 9.40. The maximum absolute atomic E-state index is 5.58. The highest BCUT2D eigenvalue weighted by Crippen LogP contribution is 2.49. The first-order valence-electron chi connectivity index (χ1n) is 10.6. The molecule has 1 N–H and O–H groups in total. The van der Waals surface area contributed by atoms with Gasteiger partial charge in [-0.3, -0.25) is 0 Å². The molecule has 0 spiro atoms. The molecular formula is C24H33NS2. The van der Waals surface area contributed by atoms with Gasteiger partial charge in [0.1, 0.15) is 0 Å². The smallest absolute Gasteiger partial charge is 0.159 e. The average molecular weight is 400 g/mol. The monoisotopic (exact) mass is 399 g/mol. The fourth-order valence-electron chi connectivity index (χ4n) is 4.43. The normalized spacial score (nSPS) is 20.0. The van der Waals surface area contributed by atoms with Crippen LogP contribution < -0.4 is 0 Å². The van der Waals surface area contributed by atoms with E-state index in [4.69, 9.17) is 12.2 Å². The van der Waals surface area contributed by atoms with Crippen molar-refractivity contribution in [1.82, 2.24) is 4.98 Å². The van der Waals surface area contributed by atoms with Crippen LogP contribution in [-0.4, -0.2) is 4.98 Å². The number of hydrogen-bond donors (Lipinski definition) is 1. The Balaban J connectivity index is 1.75. The van der Waals surface area contributed by atoms with E-state index >= 15 is 0 Å². The van der Waals surface area contributed by atoms with Crippen LogP contribution in [0.5, 0.6) is 0 Å². The molecule has 0 amide bonds. The molecule has 27 heavy (non-hydrogen) atoms. The van der Waals surface area contributed by atoms with E-state index in [9.17, 15) is 0 Å². The number of nitrogens with one attached hydrogen (secondary N) is 1. The van der Waals surface area contributed by atoms with Crippen LogP contribution in [0.25, 0.3) is 10.4 Å². The summed E-state index contributed by atoms with van der Waals surface area (Å²) in [7, 11) is 0. The van der Waals surface area contributed by atoms with Crippen LogP contribution in [0.15, 0.2) is 18.2 Å². The first kappa shape index (κ1) is 19.4. The van der Waals surface area contributed by atoms with Crippen molar-refractivity contribution in [2.45, 2.75) is 89.9 Å². The Bertz CT molecular complexity index is 847. The van der Waals surface area contributed by atoms with E-state index in [-0.39, 0.29) is 5.41 Å². The van der Waals surface area contributed by atoms with Gasteiger partial charge >= 0.3 is 0 Å². The van der Waals surface area contributed by atoms with Gasteiger partial charge in [-0.05, 0) is 77.1 Å². The average Bonchev–Trinajstić information content (AvgIpc) is 3.27. The summed E-state index contributed by atoms with van der Waals surface area (Å²) in [6, 6.07) is 7.35. The highest BCUT2D eigenvalue weighted by molar-refractivity contribution is 7.73. The predicted octanol–water partition coefficient (Wildman–Crippen LogP) is 7.94. The first-order chi connectivity index (χ1) is 12.7. The van der Waals surface area contributed by atoms with Crippen LogP contribution in [0.3, 0.4) is 0 Å². The van der Waals surface area contributed by atoms with Gasteiger partial charge in [0, 0.05) is 5.69 Å². The van der Waals surface area contributed by atoms with Crippen molar-refractivity contribution < 1.29 is 0 Å². The minimum atomic E-state index is 0.164. The molecule has 1 nitrogen and oxygen atoms in total. The Hall–Kier alpha value is -0.930. The summed E-state index contributed by atoms with van der Waals surface area (Å²) in [6.07, 6.45) is 10.8. The summed E-state index contributed by atoms with van der Waals surface area (Å²) >= 11 is 7.35. The van der Waals surface area contributed by atoms with Crippen LogP contribution in [0.2, 0.25) is 0 Å². The van der Waals surface area contributed by atoms with Gasteiger partial charge in [0.05, 0.1) is 4.88 Å². The van der Waals surface area contributed by atoms with Crippen molar-refractivity contribution in [3.63, 3.8) is 0 Å². The Morgan fingerprint density at radius 2 is 1.81 bits per heavy atom. The summed E-state index contributed by atoms with van der Waals surface area (Å²) in [4.78, 5) is 4.95. The minimum absolute atomic E-state index is 0.164. The van der Waals surface area contributed by atoms with E-state index in [1.807, 2.05) is 0 Å².